The minimum atomic E-state index is -0.610. The molecule has 3 aromatic rings. The van der Waals surface area contributed by atoms with Gasteiger partial charge in [-0.05, 0) is 36.8 Å². The fourth-order valence-corrected chi connectivity index (χ4v) is 2.46. The number of nitrogens with zero attached hydrogens (tertiary/aromatic N) is 3. The number of para-hydroxylation sites is 1. The second-order valence-corrected chi connectivity index (χ2v) is 5.45. The van der Waals surface area contributed by atoms with Gasteiger partial charge in [0, 0.05) is 12.2 Å². The van der Waals surface area contributed by atoms with Gasteiger partial charge in [0.15, 0.2) is 0 Å². The lowest BCUT2D eigenvalue weighted by Crippen LogP contribution is -2.42. The van der Waals surface area contributed by atoms with Crippen LogP contribution in [0.5, 0.6) is 0 Å². The van der Waals surface area contributed by atoms with Gasteiger partial charge >= 0.3 is 11.4 Å². The van der Waals surface area contributed by atoms with Gasteiger partial charge in [0.25, 0.3) is 0 Å². The Labute approximate surface area is 143 Å². The van der Waals surface area contributed by atoms with Crippen molar-refractivity contribution in [2.45, 2.75) is 20.0 Å². The lowest BCUT2D eigenvalue weighted by molar-refractivity contribution is 0.575. The van der Waals surface area contributed by atoms with Crippen LogP contribution in [-0.2, 0) is 13.1 Å². The van der Waals surface area contributed by atoms with E-state index in [-0.39, 0.29) is 24.9 Å². The fourth-order valence-electron chi connectivity index (χ4n) is 2.46. The Morgan fingerprint density at radius 1 is 1.00 bits per heavy atom. The van der Waals surface area contributed by atoms with Gasteiger partial charge in [-0.2, -0.15) is 4.98 Å². The molecule has 0 atom stereocenters. The SMILES string of the molecule is CCn1c(=O)nc(Nc2ccccc2)n(Cc2ccc(F)cc2)c1=O. The minimum absolute atomic E-state index is 0.148. The van der Waals surface area contributed by atoms with E-state index in [4.69, 9.17) is 0 Å². The van der Waals surface area contributed by atoms with Gasteiger partial charge in [-0.3, -0.25) is 4.57 Å². The highest BCUT2D eigenvalue weighted by Gasteiger charge is 2.13. The van der Waals surface area contributed by atoms with Gasteiger partial charge in [0.2, 0.25) is 5.95 Å². The minimum Gasteiger partial charge on any atom is -0.325 e. The summed E-state index contributed by atoms with van der Waals surface area (Å²) in [5.74, 6) is -0.203. The number of hydrogen-bond acceptors (Lipinski definition) is 4. The number of hydrogen-bond donors (Lipinski definition) is 1. The molecule has 0 saturated heterocycles. The van der Waals surface area contributed by atoms with Crippen LogP contribution >= 0.6 is 0 Å². The zero-order valence-electron chi connectivity index (χ0n) is 13.6. The van der Waals surface area contributed by atoms with Crippen molar-refractivity contribution in [1.29, 1.82) is 0 Å². The molecule has 0 amide bonds. The Balaban J connectivity index is 2.08. The van der Waals surface area contributed by atoms with Crippen molar-refractivity contribution in [3.8, 4) is 0 Å². The first-order chi connectivity index (χ1) is 12.1. The number of anilines is 2. The molecule has 0 aliphatic carbocycles. The van der Waals surface area contributed by atoms with Gasteiger partial charge in [-0.25, -0.2) is 18.5 Å². The van der Waals surface area contributed by atoms with Crippen molar-refractivity contribution in [2.24, 2.45) is 0 Å². The van der Waals surface area contributed by atoms with Crippen LogP contribution in [0, 0.1) is 5.82 Å². The standard InChI is InChI=1S/C18H17FN4O2/c1-2-22-17(24)21-16(20-15-6-4-3-5-7-15)23(18(22)25)12-13-8-10-14(19)11-9-13/h3-11H,2,12H2,1H3,(H,20,21,24). The summed E-state index contributed by atoms with van der Waals surface area (Å²) in [5, 5.41) is 3.00. The third-order valence-electron chi connectivity index (χ3n) is 3.75. The molecule has 1 N–H and O–H groups in total. The maximum Gasteiger partial charge on any atom is 0.354 e. The Morgan fingerprint density at radius 3 is 2.32 bits per heavy atom. The number of nitrogens with one attached hydrogen (secondary N) is 1. The van der Waals surface area contributed by atoms with Crippen molar-refractivity contribution in [1.82, 2.24) is 14.1 Å². The molecule has 25 heavy (non-hydrogen) atoms. The van der Waals surface area contributed by atoms with Crippen LogP contribution in [0.2, 0.25) is 0 Å². The molecular formula is C18H17FN4O2. The quantitative estimate of drug-likeness (QED) is 0.774. The highest BCUT2D eigenvalue weighted by atomic mass is 19.1. The van der Waals surface area contributed by atoms with E-state index in [1.807, 2.05) is 18.2 Å². The van der Waals surface area contributed by atoms with Crippen molar-refractivity contribution in [3.05, 3.63) is 86.9 Å². The Morgan fingerprint density at radius 2 is 1.68 bits per heavy atom. The summed E-state index contributed by atoms with van der Waals surface area (Å²) in [5.41, 5.74) is 0.352. The Bertz CT molecular complexity index is 979. The van der Waals surface area contributed by atoms with Crippen molar-refractivity contribution < 1.29 is 4.39 Å². The molecule has 2 aromatic carbocycles. The summed E-state index contributed by atoms with van der Waals surface area (Å²) in [6.07, 6.45) is 0. The van der Waals surface area contributed by atoms with Crippen LogP contribution in [0.25, 0.3) is 0 Å². The van der Waals surface area contributed by atoms with Crippen molar-refractivity contribution >= 4 is 11.6 Å². The zero-order chi connectivity index (χ0) is 17.8. The van der Waals surface area contributed by atoms with E-state index in [2.05, 4.69) is 10.3 Å². The monoisotopic (exact) mass is 340 g/mol. The van der Waals surface area contributed by atoms with Gasteiger partial charge < -0.3 is 5.32 Å². The summed E-state index contributed by atoms with van der Waals surface area (Å²) in [6, 6.07) is 15.0. The molecule has 0 aliphatic heterocycles. The molecule has 3 rings (SSSR count). The van der Waals surface area contributed by atoms with Gasteiger partial charge in [0.05, 0.1) is 6.54 Å². The summed E-state index contributed by atoms with van der Waals surface area (Å²) < 4.78 is 15.5. The smallest absolute Gasteiger partial charge is 0.325 e. The molecule has 1 aromatic heterocycles. The molecular weight excluding hydrogens is 323 g/mol. The second kappa shape index (κ2) is 7.12. The first-order valence-corrected chi connectivity index (χ1v) is 7.86. The molecule has 0 spiro atoms. The van der Waals surface area contributed by atoms with Crippen molar-refractivity contribution in [2.75, 3.05) is 5.32 Å². The maximum absolute atomic E-state index is 13.1. The molecule has 0 saturated carbocycles. The lowest BCUT2D eigenvalue weighted by Gasteiger charge is -2.15. The van der Waals surface area contributed by atoms with E-state index in [0.717, 1.165) is 10.1 Å². The lowest BCUT2D eigenvalue weighted by atomic mass is 10.2. The van der Waals surface area contributed by atoms with Gasteiger partial charge in [0.1, 0.15) is 5.82 Å². The van der Waals surface area contributed by atoms with E-state index in [9.17, 15) is 14.0 Å². The topological polar surface area (TPSA) is 68.9 Å². The first kappa shape index (κ1) is 16.6. The number of aromatic nitrogens is 3. The van der Waals surface area contributed by atoms with E-state index in [0.29, 0.717) is 5.69 Å². The summed E-state index contributed by atoms with van der Waals surface area (Å²) in [4.78, 5) is 28.8. The highest BCUT2D eigenvalue weighted by Crippen LogP contribution is 2.13. The Kier molecular flexibility index (Phi) is 4.74. The maximum atomic E-state index is 13.1. The number of halogens is 1. The van der Waals surface area contributed by atoms with Crippen molar-refractivity contribution in [3.63, 3.8) is 0 Å². The van der Waals surface area contributed by atoms with E-state index in [1.165, 1.54) is 16.7 Å². The largest absolute Gasteiger partial charge is 0.354 e. The molecule has 0 radical (unpaired) electrons. The third kappa shape index (κ3) is 3.65. The first-order valence-electron chi connectivity index (χ1n) is 7.86. The third-order valence-corrected chi connectivity index (χ3v) is 3.75. The average molecular weight is 340 g/mol. The molecule has 6 nitrogen and oxygen atoms in total. The molecule has 128 valence electrons. The highest BCUT2D eigenvalue weighted by molar-refractivity contribution is 5.52. The molecule has 7 heteroatoms. The zero-order valence-corrected chi connectivity index (χ0v) is 13.6. The molecule has 0 aliphatic rings. The van der Waals surface area contributed by atoms with Crippen LogP contribution in [0.1, 0.15) is 12.5 Å². The second-order valence-electron chi connectivity index (χ2n) is 5.45. The van der Waals surface area contributed by atoms with Crippen LogP contribution in [0.15, 0.2) is 64.2 Å². The predicted octanol–water partition coefficient (Wildman–Crippen LogP) is 2.36. The van der Waals surface area contributed by atoms with E-state index < -0.39 is 11.4 Å². The van der Waals surface area contributed by atoms with Crippen LogP contribution < -0.4 is 16.7 Å². The molecule has 0 fully saturated rings. The normalized spacial score (nSPS) is 10.6. The molecule has 0 unspecified atom stereocenters. The van der Waals surface area contributed by atoms with Gasteiger partial charge in [-0.1, -0.05) is 30.3 Å². The molecule has 1 heterocycles. The predicted molar refractivity (Wildman–Crippen MR) is 93.7 cm³/mol. The number of rotatable bonds is 5. The van der Waals surface area contributed by atoms with E-state index >= 15 is 0 Å². The van der Waals surface area contributed by atoms with E-state index in [1.54, 1.807) is 31.2 Å². The van der Waals surface area contributed by atoms with Crippen LogP contribution in [0.4, 0.5) is 16.0 Å². The summed E-state index contributed by atoms with van der Waals surface area (Å²) in [6.45, 7) is 2.10. The summed E-state index contributed by atoms with van der Waals surface area (Å²) in [7, 11) is 0. The molecule has 0 bridgehead atoms. The van der Waals surface area contributed by atoms with Crippen LogP contribution in [0.3, 0.4) is 0 Å². The average Bonchev–Trinajstić information content (AvgIpc) is 2.61. The summed E-state index contributed by atoms with van der Waals surface area (Å²) >= 11 is 0. The fraction of sp³-hybridized carbons (Fsp3) is 0.167. The van der Waals surface area contributed by atoms with Gasteiger partial charge in [-0.15, -0.1) is 0 Å². The van der Waals surface area contributed by atoms with Crippen LogP contribution in [-0.4, -0.2) is 14.1 Å². The Hall–Kier alpha value is -3.22. The number of benzene rings is 2.